The van der Waals surface area contributed by atoms with Gasteiger partial charge in [-0.25, -0.2) is 0 Å². The molecule has 0 aliphatic carbocycles. The number of phenolic OH excluding ortho intramolecular Hbond substituents is 1. The van der Waals surface area contributed by atoms with Crippen LogP contribution >= 0.6 is 11.8 Å². The molecule has 3 N–H and O–H groups in total. The van der Waals surface area contributed by atoms with Gasteiger partial charge in [0.05, 0.1) is 0 Å². The SMILES string of the molecule is O=C(NNC(=O)[C@@H](Sc1ccccc1)c1ccccc1)c1cccc(O)c1. The van der Waals surface area contributed by atoms with Gasteiger partial charge >= 0.3 is 0 Å². The molecule has 1 atom stereocenters. The van der Waals surface area contributed by atoms with Crippen molar-refractivity contribution in [2.45, 2.75) is 10.1 Å². The number of carbonyl (C=O) groups is 2. The van der Waals surface area contributed by atoms with Crippen LogP contribution in [0.25, 0.3) is 0 Å². The van der Waals surface area contributed by atoms with Gasteiger partial charge in [0.15, 0.2) is 0 Å². The molecule has 0 bridgehead atoms. The molecule has 3 aromatic carbocycles. The van der Waals surface area contributed by atoms with Crippen molar-refractivity contribution in [2.75, 3.05) is 0 Å². The molecule has 2 amide bonds. The van der Waals surface area contributed by atoms with Crippen molar-refractivity contribution in [3.8, 4) is 5.75 Å². The third-order valence-corrected chi connectivity index (χ3v) is 5.01. The molecule has 5 nitrogen and oxygen atoms in total. The number of thioether (sulfide) groups is 1. The van der Waals surface area contributed by atoms with Gasteiger partial charge in [-0.05, 0) is 35.9 Å². The first kappa shape index (κ1) is 18.5. The summed E-state index contributed by atoms with van der Waals surface area (Å²) in [6, 6.07) is 24.9. The third-order valence-electron chi connectivity index (χ3n) is 3.75. The van der Waals surface area contributed by atoms with Crippen LogP contribution in [0.4, 0.5) is 0 Å². The Kier molecular flexibility index (Phi) is 6.12. The van der Waals surface area contributed by atoms with Gasteiger partial charge in [0.1, 0.15) is 11.0 Å². The molecule has 3 aromatic rings. The summed E-state index contributed by atoms with van der Waals surface area (Å²) in [5.74, 6) is -0.866. The van der Waals surface area contributed by atoms with Crippen LogP contribution in [0.2, 0.25) is 0 Å². The molecule has 0 aliphatic rings. The summed E-state index contributed by atoms with van der Waals surface area (Å²) in [5.41, 5.74) is 5.96. The van der Waals surface area contributed by atoms with Crippen molar-refractivity contribution in [3.05, 3.63) is 96.1 Å². The zero-order chi connectivity index (χ0) is 19.1. The summed E-state index contributed by atoms with van der Waals surface area (Å²) in [6.07, 6.45) is 0. The second kappa shape index (κ2) is 8.91. The van der Waals surface area contributed by atoms with Crippen molar-refractivity contribution >= 4 is 23.6 Å². The summed E-state index contributed by atoms with van der Waals surface area (Å²) in [6.45, 7) is 0. The molecule has 0 spiro atoms. The van der Waals surface area contributed by atoms with Crippen molar-refractivity contribution in [3.63, 3.8) is 0 Å². The van der Waals surface area contributed by atoms with Crippen LogP contribution in [-0.2, 0) is 4.79 Å². The monoisotopic (exact) mass is 378 g/mol. The molecule has 0 radical (unpaired) electrons. The Morgan fingerprint density at radius 2 is 1.48 bits per heavy atom. The Bertz CT molecular complexity index is 917. The Balaban J connectivity index is 1.72. The maximum Gasteiger partial charge on any atom is 0.269 e. The summed E-state index contributed by atoms with van der Waals surface area (Å²) < 4.78 is 0. The molecule has 0 saturated heterocycles. The number of nitrogens with one attached hydrogen (secondary N) is 2. The molecule has 0 aliphatic heterocycles. The zero-order valence-corrected chi connectivity index (χ0v) is 15.1. The van der Waals surface area contributed by atoms with Crippen LogP contribution in [-0.4, -0.2) is 16.9 Å². The number of aromatic hydroxyl groups is 1. The average Bonchev–Trinajstić information content (AvgIpc) is 2.71. The Morgan fingerprint density at radius 3 is 2.15 bits per heavy atom. The Hall–Kier alpha value is -3.25. The molecule has 3 rings (SSSR count). The van der Waals surface area contributed by atoms with Crippen LogP contribution in [0.1, 0.15) is 21.2 Å². The highest BCUT2D eigenvalue weighted by Crippen LogP contribution is 2.35. The lowest BCUT2D eigenvalue weighted by Crippen LogP contribution is -2.43. The molecular weight excluding hydrogens is 360 g/mol. The number of carbonyl (C=O) groups excluding carboxylic acids is 2. The lowest BCUT2D eigenvalue weighted by molar-refractivity contribution is -0.121. The van der Waals surface area contributed by atoms with Crippen molar-refractivity contribution < 1.29 is 14.7 Å². The van der Waals surface area contributed by atoms with Gasteiger partial charge in [-0.15, -0.1) is 11.8 Å². The molecule has 0 aromatic heterocycles. The average molecular weight is 378 g/mol. The number of phenols is 1. The van der Waals surface area contributed by atoms with Gasteiger partial charge in [-0.1, -0.05) is 54.6 Å². The highest BCUT2D eigenvalue weighted by Gasteiger charge is 2.22. The van der Waals surface area contributed by atoms with Crippen LogP contribution in [0.3, 0.4) is 0 Å². The number of benzene rings is 3. The first-order chi connectivity index (χ1) is 13.1. The zero-order valence-electron chi connectivity index (χ0n) is 14.3. The van der Waals surface area contributed by atoms with E-state index < -0.39 is 11.2 Å². The second-order valence-corrected chi connectivity index (χ2v) is 6.89. The molecule has 6 heteroatoms. The number of hydrogen-bond acceptors (Lipinski definition) is 4. The minimum atomic E-state index is -0.530. The van der Waals surface area contributed by atoms with E-state index in [4.69, 9.17) is 0 Å². The summed E-state index contributed by atoms with van der Waals surface area (Å²) in [5, 5.41) is 8.94. The minimum Gasteiger partial charge on any atom is -0.508 e. The fourth-order valence-electron chi connectivity index (χ4n) is 2.44. The van der Waals surface area contributed by atoms with Crippen molar-refractivity contribution in [1.29, 1.82) is 0 Å². The normalized spacial score (nSPS) is 11.4. The highest BCUT2D eigenvalue weighted by molar-refractivity contribution is 8.00. The molecule has 27 heavy (non-hydrogen) atoms. The Morgan fingerprint density at radius 1 is 0.815 bits per heavy atom. The molecule has 0 unspecified atom stereocenters. The first-order valence-corrected chi connectivity index (χ1v) is 9.17. The molecular formula is C21H18N2O3S. The number of rotatable bonds is 5. The van der Waals surface area contributed by atoms with E-state index in [-0.39, 0.29) is 17.2 Å². The Labute approximate surface area is 161 Å². The summed E-state index contributed by atoms with van der Waals surface area (Å²) in [4.78, 5) is 25.9. The van der Waals surface area contributed by atoms with Crippen LogP contribution < -0.4 is 10.9 Å². The van der Waals surface area contributed by atoms with E-state index >= 15 is 0 Å². The lowest BCUT2D eigenvalue weighted by atomic mass is 10.1. The van der Waals surface area contributed by atoms with Crippen molar-refractivity contribution in [1.82, 2.24) is 10.9 Å². The van der Waals surface area contributed by atoms with Crippen LogP contribution in [0.5, 0.6) is 5.75 Å². The predicted octanol–water partition coefficient (Wildman–Crippen LogP) is 3.69. The largest absolute Gasteiger partial charge is 0.508 e. The number of hydrazine groups is 1. The smallest absolute Gasteiger partial charge is 0.269 e. The third kappa shape index (κ3) is 5.12. The quantitative estimate of drug-likeness (QED) is 0.467. The second-order valence-electron chi connectivity index (χ2n) is 5.72. The van der Waals surface area contributed by atoms with E-state index in [1.807, 2.05) is 60.7 Å². The molecule has 0 heterocycles. The molecule has 136 valence electrons. The molecule has 0 fully saturated rings. The van der Waals surface area contributed by atoms with Crippen molar-refractivity contribution in [2.24, 2.45) is 0 Å². The van der Waals surface area contributed by atoms with Gasteiger partial charge in [0.25, 0.3) is 11.8 Å². The fourth-order valence-corrected chi connectivity index (χ4v) is 3.48. The predicted molar refractivity (Wildman–Crippen MR) is 105 cm³/mol. The van der Waals surface area contributed by atoms with Crippen LogP contribution in [0, 0.1) is 0 Å². The van der Waals surface area contributed by atoms with Gasteiger partial charge in [0, 0.05) is 10.5 Å². The lowest BCUT2D eigenvalue weighted by Gasteiger charge is -2.17. The van der Waals surface area contributed by atoms with Gasteiger partial charge in [0.2, 0.25) is 0 Å². The number of amides is 2. The van der Waals surface area contributed by atoms with E-state index in [1.54, 1.807) is 12.1 Å². The van der Waals surface area contributed by atoms with E-state index in [0.717, 1.165) is 10.5 Å². The standard InChI is InChI=1S/C21H18N2O3S/c24-17-11-7-10-16(14-17)20(25)22-23-21(26)19(15-8-3-1-4-9-15)27-18-12-5-2-6-13-18/h1-14,19,24H,(H,22,25)(H,23,26)/t19-/m0/s1. The van der Waals surface area contributed by atoms with Crippen LogP contribution in [0.15, 0.2) is 89.8 Å². The van der Waals surface area contributed by atoms with E-state index in [0.29, 0.717) is 0 Å². The maximum absolute atomic E-state index is 12.8. The van der Waals surface area contributed by atoms with Gasteiger partial charge in [-0.2, -0.15) is 0 Å². The maximum atomic E-state index is 12.8. The minimum absolute atomic E-state index is 0.0178. The van der Waals surface area contributed by atoms with E-state index in [2.05, 4.69) is 10.9 Å². The number of hydrogen-bond donors (Lipinski definition) is 3. The highest BCUT2D eigenvalue weighted by atomic mass is 32.2. The first-order valence-electron chi connectivity index (χ1n) is 8.29. The summed E-state index contributed by atoms with van der Waals surface area (Å²) in [7, 11) is 0. The van der Waals surface area contributed by atoms with E-state index in [1.165, 1.54) is 23.9 Å². The van der Waals surface area contributed by atoms with Gasteiger partial charge in [-0.3, -0.25) is 20.4 Å². The molecule has 0 saturated carbocycles. The topological polar surface area (TPSA) is 78.4 Å². The summed E-state index contributed by atoms with van der Waals surface area (Å²) >= 11 is 1.40. The van der Waals surface area contributed by atoms with Gasteiger partial charge < -0.3 is 5.11 Å². The van der Waals surface area contributed by atoms with E-state index in [9.17, 15) is 14.7 Å². The fraction of sp³-hybridized carbons (Fsp3) is 0.0476.